The van der Waals surface area contributed by atoms with E-state index in [9.17, 15) is 4.79 Å². The van der Waals surface area contributed by atoms with Gasteiger partial charge in [-0.3, -0.25) is 10.1 Å². The van der Waals surface area contributed by atoms with Crippen molar-refractivity contribution in [3.8, 4) is 11.8 Å². The third-order valence-corrected chi connectivity index (χ3v) is 1.95. The normalized spacial score (nSPS) is 8.79. The lowest BCUT2D eigenvalue weighted by Crippen LogP contribution is -2.10. The van der Waals surface area contributed by atoms with Gasteiger partial charge in [0.2, 0.25) is 0 Å². The molecule has 4 heteroatoms. The summed E-state index contributed by atoms with van der Waals surface area (Å²) in [6, 6.07) is 1.88. The molecule has 0 unspecified atom stereocenters. The average molecular weight is 253 g/mol. The molecule has 72 valence electrons. The zero-order valence-corrected chi connectivity index (χ0v) is 9.47. The quantitative estimate of drug-likeness (QED) is 0.779. The number of aryl methyl sites for hydroxylation is 1. The first-order valence-corrected chi connectivity index (χ1v) is 4.78. The summed E-state index contributed by atoms with van der Waals surface area (Å²) in [4.78, 5) is 15.2. The first-order valence-electron chi connectivity index (χ1n) is 3.99. The van der Waals surface area contributed by atoms with Gasteiger partial charge in [-0.25, -0.2) is 4.98 Å². The Morgan fingerprint density at radius 3 is 2.93 bits per heavy atom. The fourth-order valence-electron chi connectivity index (χ4n) is 0.924. The molecule has 1 heterocycles. The van der Waals surface area contributed by atoms with E-state index in [-0.39, 0.29) is 5.91 Å². The van der Waals surface area contributed by atoms with Gasteiger partial charge < -0.3 is 0 Å². The van der Waals surface area contributed by atoms with Crippen LogP contribution >= 0.6 is 15.9 Å². The number of amides is 1. The minimum Gasteiger partial charge on any atom is -0.299 e. The van der Waals surface area contributed by atoms with Crippen LogP contribution in [0.2, 0.25) is 0 Å². The molecule has 0 aromatic carbocycles. The number of hydrogen-bond donors (Lipinski definition) is 1. The van der Waals surface area contributed by atoms with E-state index in [1.165, 1.54) is 0 Å². The topological polar surface area (TPSA) is 42.0 Å². The smallest absolute Gasteiger partial charge is 0.299 e. The number of carbonyl (C=O) groups is 1. The maximum absolute atomic E-state index is 11.1. The van der Waals surface area contributed by atoms with Crippen molar-refractivity contribution >= 4 is 27.7 Å². The highest BCUT2D eigenvalue weighted by atomic mass is 79.9. The van der Waals surface area contributed by atoms with Gasteiger partial charge in [-0.15, -0.1) is 0 Å². The SMILES string of the molecule is CC#CC(=O)Nc1ncc(Br)cc1C. The van der Waals surface area contributed by atoms with Crippen molar-refractivity contribution in [1.82, 2.24) is 4.98 Å². The molecule has 14 heavy (non-hydrogen) atoms. The molecule has 1 aromatic heterocycles. The Kier molecular flexibility index (Phi) is 3.66. The number of rotatable bonds is 1. The van der Waals surface area contributed by atoms with Crippen molar-refractivity contribution in [2.75, 3.05) is 5.32 Å². The van der Waals surface area contributed by atoms with Crippen LogP contribution in [0.3, 0.4) is 0 Å². The maximum atomic E-state index is 11.1. The Labute approximate surface area is 91.1 Å². The van der Waals surface area contributed by atoms with Gasteiger partial charge in [0.25, 0.3) is 0 Å². The van der Waals surface area contributed by atoms with Gasteiger partial charge in [0.05, 0.1) is 0 Å². The van der Waals surface area contributed by atoms with Crippen LogP contribution in [-0.2, 0) is 4.79 Å². The predicted molar refractivity (Wildman–Crippen MR) is 58.8 cm³/mol. The van der Waals surface area contributed by atoms with E-state index in [1.54, 1.807) is 13.1 Å². The van der Waals surface area contributed by atoms with Gasteiger partial charge in [0.15, 0.2) is 0 Å². The van der Waals surface area contributed by atoms with Crippen LogP contribution in [0.15, 0.2) is 16.7 Å². The van der Waals surface area contributed by atoms with Gasteiger partial charge in [0.1, 0.15) is 5.82 Å². The summed E-state index contributed by atoms with van der Waals surface area (Å²) < 4.78 is 0.884. The minimum absolute atomic E-state index is 0.342. The first-order chi connectivity index (χ1) is 6.63. The predicted octanol–water partition coefficient (Wildman–Crippen LogP) is 2.11. The van der Waals surface area contributed by atoms with Crippen LogP contribution in [0.1, 0.15) is 12.5 Å². The zero-order valence-electron chi connectivity index (χ0n) is 7.89. The van der Waals surface area contributed by atoms with Gasteiger partial charge in [-0.2, -0.15) is 0 Å². The molecule has 0 aliphatic heterocycles. The number of carbonyl (C=O) groups excluding carboxylic acids is 1. The Morgan fingerprint density at radius 2 is 2.36 bits per heavy atom. The molecule has 0 aliphatic carbocycles. The van der Waals surface area contributed by atoms with Gasteiger partial charge in [-0.05, 0) is 47.3 Å². The summed E-state index contributed by atoms with van der Waals surface area (Å²) in [7, 11) is 0. The molecule has 1 aromatic rings. The summed E-state index contributed by atoms with van der Waals surface area (Å²) in [5.74, 6) is 5.10. The molecule has 0 aliphatic rings. The maximum Gasteiger partial charge on any atom is 0.301 e. The van der Waals surface area contributed by atoms with Crippen molar-refractivity contribution in [2.45, 2.75) is 13.8 Å². The second-order valence-electron chi connectivity index (χ2n) is 2.65. The molecular formula is C10H9BrN2O. The van der Waals surface area contributed by atoms with Crippen molar-refractivity contribution in [1.29, 1.82) is 0 Å². The second-order valence-corrected chi connectivity index (χ2v) is 3.56. The number of aromatic nitrogens is 1. The number of anilines is 1. The zero-order chi connectivity index (χ0) is 10.6. The summed E-state index contributed by atoms with van der Waals surface area (Å²) in [5, 5.41) is 2.59. The Balaban J connectivity index is 2.85. The molecule has 0 saturated heterocycles. The fraction of sp³-hybridized carbons (Fsp3) is 0.200. The second kappa shape index (κ2) is 4.77. The van der Waals surface area contributed by atoms with Crippen LogP contribution in [0, 0.1) is 18.8 Å². The summed E-state index contributed by atoms with van der Waals surface area (Å²) in [6.07, 6.45) is 1.63. The molecule has 0 atom stereocenters. The third-order valence-electron chi connectivity index (χ3n) is 1.52. The lowest BCUT2D eigenvalue weighted by atomic mass is 10.3. The van der Waals surface area contributed by atoms with E-state index in [0.717, 1.165) is 10.0 Å². The number of nitrogens with one attached hydrogen (secondary N) is 1. The Morgan fingerprint density at radius 1 is 1.64 bits per heavy atom. The Bertz CT molecular complexity index is 418. The van der Waals surface area contributed by atoms with Crippen LogP contribution in [0.5, 0.6) is 0 Å². The molecule has 1 amide bonds. The minimum atomic E-state index is -0.342. The van der Waals surface area contributed by atoms with Crippen LogP contribution < -0.4 is 5.32 Å². The molecule has 3 nitrogen and oxygen atoms in total. The van der Waals surface area contributed by atoms with Crippen molar-refractivity contribution in [2.24, 2.45) is 0 Å². The standard InChI is InChI=1S/C10H9BrN2O/c1-3-4-9(14)13-10-7(2)5-8(11)6-12-10/h5-6H,1-2H3,(H,12,13,14). The average Bonchev–Trinajstić information content (AvgIpc) is 2.10. The monoisotopic (exact) mass is 252 g/mol. The molecule has 0 spiro atoms. The van der Waals surface area contributed by atoms with E-state index in [2.05, 4.69) is 38.1 Å². The van der Waals surface area contributed by atoms with Crippen molar-refractivity contribution in [3.63, 3.8) is 0 Å². The van der Waals surface area contributed by atoms with Crippen LogP contribution in [0.25, 0.3) is 0 Å². The van der Waals surface area contributed by atoms with Crippen molar-refractivity contribution in [3.05, 3.63) is 22.3 Å². The number of halogens is 1. The molecule has 0 bridgehead atoms. The van der Waals surface area contributed by atoms with Crippen molar-refractivity contribution < 1.29 is 4.79 Å². The van der Waals surface area contributed by atoms with Gasteiger partial charge >= 0.3 is 5.91 Å². The Hall–Kier alpha value is -1.34. The highest BCUT2D eigenvalue weighted by molar-refractivity contribution is 9.10. The molecule has 1 N–H and O–H groups in total. The van der Waals surface area contributed by atoms with E-state index in [0.29, 0.717) is 5.82 Å². The summed E-state index contributed by atoms with van der Waals surface area (Å²) in [5.41, 5.74) is 0.894. The molecule has 0 saturated carbocycles. The number of pyridine rings is 1. The van der Waals surface area contributed by atoms with E-state index in [1.807, 2.05) is 13.0 Å². The molecule has 1 rings (SSSR count). The van der Waals surface area contributed by atoms with Gasteiger partial charge in [-0.1, -0.05) is 5.92 Å². The number of nitrogens with zero attached hydrogens (tertiary/aromatic N) is 1. The lowest BCUT2D eigenvalue weighted by molar-refractivity contribution is -0.111. The van der Waals surface area contributed by atoms with Crippen LogP contribution in [0.4, 0.5) is 5.82 Å². The third kappa shape index (κ3) is 2.86. The molecule has 0 radical (unpaired) electrons. The van der Waals surface area contributed by atoms with E-state index < -0.39 is 0 Å². The van der Waals surface area contributed by atoms with E-state index in [4.69, 9.17) is 0 Å². The van der Waals surface area contributed by atoms with Crippen LogP contribution in [-0.4, -0.2) is 10.9 Å². The highest BCUT2D eigenvalue weighted by Crippen LogP contribution is 2.16. The summed E-state index contributed by atoms with van der Waals surface area (Å²) >= 11 is 3.29. The first kappa shape index (κ1) is 10.7. The number of hydrogen-bond acceptors (Lipinski definition) is 2. The molecule has 0 fully saturated rings. The summed E-state index contributed by atoms with van der Waals surface area (Å²) in [6.45, 7) is 3.48. The highest BCUT2D eigenvalue weighted by Gasteiger charge is 2.02. The lowest BCUT2D eigenvalue weighted by Gasteiger charge is -2.03. The fourth-order valence-corrected chi connectivity index (χ4v) is 1.37. The van der Waals surface area contributed by atoms with E-state index >= 15 is 0 Å². The molecular weight excluding hydrogens is 244 g/mol. The largest absolute Gasteiger partial charge is 0.301 e. The van der Waals surface area contributed by atoms with Gasteiger partial charge in [0, 0.05) is 10.7 Å².